The minimum atomic E-state index is -1.05. The molecule has 0 aliphatic rings. The van der Waals surface area contributed by atoms with E-state index in [4.69, 9.17) is 18.9 Å². The molecule has 0 aromatic heterocycles. The van der Waals surface area contributed by atoms with Crippen LogP contribution in [-0.2, 0) is 4.79 Å². The van der Waals surface area contributed by atoms with Gasteiger partial charge in [0.15, 0.2) is 29.2 Å². The molecule has 2 N–H and O–H groups in total. The molecule has 0 heterocycles. The van der Waals surface area contributed by atoms with E-state index in [9.17, 15) is 14.0 Å². The van der Waals surface area contributed by atoms with E-state index in [1.165, 1.54) is 58.6 Å². The maximum Gasteiger partial charge on any atom is 0.279 e. The van der Waals surface area contributed by atoms with Gasteiger partial charge in [0.05, 0.1) is 26.9 Å². The predicted octanol–water partition coefficient (Wildman–Crippen LogP) is 2.08. The van der Waals surface area contributed by atoms with Crippen molar-refractivity contribution in [3.63, 3.8) is 0 Å². The Morgan fingerprint density at radius 3 is 2.11 bits per heavy atom. The van der Waals surface area contributed by atoms with Gasteiger partial charge in [-0.1, -0.05) is 12.1 Å². The van der Waals surface area contributed by atoms with E-state index in [1.54, 1.807) is 6.07 Å². The Hall–Kier alpha value is -3.49. The molecule has 0 fully saturated rings. The SMILES string of the molecule is COc1cc(OC)c(C(=O)NNC(=O)[C@H](C)Oc2ccccc2F)cc1OC. The van der Waals surface area contributed by atoms with Gasteiger partial charge in [-0.15, -0.1) is 0 Å². The molecule has 0 aliphatic carbocycles. The van der Waals surface area contributed by atoms with Crippen molar-refractivity contribution < 1.29 is 32.9 Å². The number of hydrogen-bond donors (Lipinski definition) is 2. The van der Waals surface area contributed by atoms with Crippen molar-refractivity contribution in [3.8, 4) is 23.0 Å². The summed E-state index contributed by atoms with van der Waals surface area (Å²) in [6, 6.07) is 8.59. The van der Waals surface area contributed by atoms with Gasteiger partial charge in [0, 0.05) is 12.1 Å². The summed E-state index contributed by atoms with van der Waals surface area (Å²) in [5.41, 5.74) is 4.59. The Morgan fingerprint density at radius 2 is 1.50 bits per heavy atom. The fraction of sp³-hybridized carbons (Fsp3) is 0.263. The van der Waals surface area contributed by atoms with E-state index in [-0.39, 0.29) is 17.1 Å². The number of methoxy groups -OCH3 is 3. The molecule has 28 heavy (non-hydrogen) atoms. The van der Waals surface area contributed by atoms with Gasteiger partial charge in [0.25, 0.3) is 11.8 Å². The highest BCUT2D eigenvalue weighted by Gasteiger charge is 2.20. The standard InChI is InChI=1S/C19H21FN2O6/c1-11(28-14-8-6-5-7-13(14)20)18(23)21-22-19(24)12-9-16(26-3)17(27-4)10-15(12)25-2/h5-11H,1-4H3,(H,21,23)(H,22,24)/t11-/m0/s1. The smallest absolute Gasteiger partial charge is 0.279 e. The van der Waals surface area contributed by atoms with Gasteiger partial charge in [-0.25, -0.2) is 4.39 Å². The summed E-state index contributed by atoms with van der Waals surface area (Å²) in [5, 5.41) is 0. The minimum Gasteiger partial charge on any atom is -0.496 e. The number of hydrazine groups is 1. The monoisotopic (exact) mass is 392 g/mol. The molecular weight excluding hydrogens is 371 g/mol. The Balaban J connectivity index is 2.05. The van der Waals surface area contributed by atoms with Gasteiger partial charge >= 0.3 is 0 Å². The molecule has 8 nitrogen and oxygen atoms in total. The van der Waals surface area contributed by atoms with Crippen LogP contribution < -0.4 is 29.8 Å². The van der Waals surface area contributed by atoms with E-state index >= 15 is 0 Å². The van der Waals surface area contributed by atoms with Crippen molar-refractivity contribution in [2.24, 2.45) is 0 Å². The second-order valence-electron chi connectivity index (χ2n) is 5.54. The molecule has 2 aromatic rings. The highest BCUT2D eigenvalue weighted by Crippen LogP contribution is 2.34. The van der Waals surface area contributed by atoms with E-state index in [2.05, 4.69) is 10.9 Å². The normalized spacial score (nSPS) is 11.2. The van der Waals surface area contributed by atoms with Crippen molar-refractivity contribution in [2.75, 3.05) is 21.3 Å². The van der Waals surface area contributed by atoms with Crippen molar-refractivity contribution in [2.45, 2.75) is 13.0 Å². The first-order valence-corrected chi connectivity index (χ1v) is 8.22. The number of amides is 2. The molecule has 0 aliphatic heterocycles. The predicted molar refractivity (Wildman–Crippen MR) is 98.2 cm³/mol. The number of benzene rings is 2. The van der Waals surface area contributed by atoms with Crippen LogP contribution in [0.3, 0.4) is 0 Å². The summed E-state index contributed by atoms with van der Waals surface area (Å²) in [7, 11) is 4.27. The first kappa shape index (κ1) is 20.8. The van der Waals surface area contributed by atoms with Crippen LogP contribution in [0.5, 0.6) is 23.0 Å². The van der Waals surface area contributed by atoms with E-state index in [0.29, 0.717) is 11.5 Å². The van der Waals surface area contributed by atoms with Crippen LogP contribution >= 0.6 is 0 Å². The molecule has 0 saturated carbocycles. The zero-order valence-electron chi connectivity index (χ0n) is 15.9. The summed E-state index contributed by atoms with van der Waals surface area (Å²) >= 11 is 0. The highest BCUT2D eigenvalue weighted by molar-refractivity contribution is 5.99. The number of ether oxygens (including phenoxy) is 4. The van der Waals surface area contributed by atoms with Gasteiger partial charge in [0.2, 0.25) is 0 Å². The largest absolute Gasteiger partial charge is 0.496 e. The van der Waals surface area contributed by atoms with Gasteiger partial charge in [0.1, 0.15) is 5.75 Å². The Labute approximate surface area is 161 Å². The summed E-state index contributed by atoms with van der Waals surface area (Å²) in [4.78, 5) is 24.6. The number of rotatable bonds is 7. The molecule has 2 rings (SSSR count). The number of para-hydroxylation sites is 1. The maximum absolute atomic E-state index is 13.6. The van der Waals surface area contributed by atoms with E-state index in [1.807, 2.05) is 0 Å². The van der Waals surface area contributed by atoms with Crippen LogP contribution in [-0.4, -0.2) is 39.2 Å². The van der Waals surface area contributed by atoms with Gasteiger partial charge in [-0.05, 0) is 19.1 Å². The van der Waals surface area contributed by atoms with Crippen molar-refractivity contribution in [1.29, 1.82) is 0 Å². The van der Waals surface area contributed by atoms with Crippen LogP contribution in [0.2, 0.25) is 0 Å². The second kappa shape index (κ2) is 9.45. The average molecular weight is 392 g/mol. The Bertz CT molecular complexity index is 858. The third-order valence-corrected chi connectivity index (χ3v) is 3.76. The lowest BCUT2D eigenvalue weighted by Gasteiger charge is -2.17. The zero-order valence-corrected chi connectivity index (χ0v) is 15.9. The first-order chi connectivity index (χ1) is 13.4. The number of carbonyl (C=O) groups excluding carboxylic acids is 2. The zero-order chi connectivity index (χ0) is 20.7. The Morgan fingerprint density at radius 1 is 0.893 bits per heavy atom. The third kappa shape index (κ3) is 4.81. The molecule has 0 radical (unpaired) electrons. The maximum atomic E-state index is 13.6. The number of hydrogen-bond acceptors (Lipinski definition) is 6. The summed E-state index contributed by atoms with van der Waals surface area (Å²) < 4.78 is 34.4. The summed E-state index contributed by atoms with van der Waals surface area (Å²) in [6.07, 6.45) is -1.05. The second-order valence-corrected chi connectivity index (χ2v) is 5.54. The van der Waals surface area contributed by atoms with Crippen LogP contribution in [0.25, 0.3) is 0 Å². The number of nitrogens with one attached hydrogen (secondary N) is 2. The summed E-state index contributed by atoms with van der Waals surface area (Å²) in [5.74, 6) is -1.07. The van der Waals surface area contributed by atoms with Gasteiger partial charge < -0.3 is 18.9 Å². The van der Waals surface area contributed by atoms with Crippen LogP contribution in [0.4, 0.5) is 4.39 Å². The van der Waals surface area contributed by atoms with Crippen LogP contribution in [0.15, 0.2) is 36.4 Å². The lowest BCUT2D eigenvalue weighted by molar-refractivity contribution is -0.128. The molecular formula is C19H21FN2O6. The molecule has 150 valence electrons. The third-order valence-electron chi connectivity index (χ3n) is 3.76. The molecule has 0 saturated heterocycles. The fourth-order valence-electron chi connectivity index (χ4n) is 2.28. The Kier molecular flexibility index (Phi) is 7.02. The highest BCUT2D eigenvalue weighted by atomic mass is 19.1. The van der Waals surface area contributed by atoms with Gasteiger partial charge in [-0.3, -0.25) is 20.4 Å². The topological polar surface area (TPSA) is 95.1 Å². The van der Waals surface area contributed by atoms with Crippen molar-refractivity contribution >= 4 is 11.8 Å². The quantitative estimate of drug-likeness (QED) is 0.701. The van der Waals surface area contributed by atoms with Crippen molar-refractivity contribution in [1.82, 2.24) is 10.9 Å². The number of carbonyl (C=O) groups is 2. The lowest BCUT2D eigenvalue weighted by atomic mass is 10.1. The molecule has 0 unspecified atom stereocenters. The molecule has 9 heteroatoms. The lowest BCUT2D eigenvalue weighted by Crippen LogP contribution is -2.47. The fourth-order valence-corrected chi connectivity index (χ4v) is 2.28. The molecule has 2 amide bonds. The molecule has 1 atom stereocenters. The molecule has 0 spiro atoms. The van der Waals surface area contributed by atoms with E-state index in [0.717, 1.165) is 0 Å². The van der Waals surface area contributed by atoms with Gasteiger partial charge in [-0.2, -0.15) is 0 Å². The van der Waals surface area contributed by atoms with Crippen molar-refractivity contribution in [3.05, 3.63) is 47.8 Å². The number of halogens is 1. The van der Waals surface area contributed by atoms with E-state index < -0.39 is 23.7 Å². The summed E-state index contributed by atoms with van der Waals surface area (Å²) in [6.45, 7) is 1.42. The molecule has 2 aromatic carbocycles. The minimum absolute atomic E-state index is 0.0713. The molecule has 0 bridgehead atoms. The first-order valence-electron chi connectivity index (χ1n) is 8.22. The van der Waals surface area contributed by atoms with Crippen LogP contribution in [0, 0.1) is 5.82 Å². The van der Waals surface area contributed by atoms with Crippen LogP contribution in [0.1, 0.15) is 17.3 Å². The average Bonchev–Trinajstić information content (AvgIpc) is 2.72.